The van der Waals surface area contributed by atoms with E-state index in [9.17, 15) is 0 Å². The molecule has 1 saturated heterocycles. The average molecular weight is 234 g/mol. The van der Waals surface area contributed by atoms with Crippen molar-refractivity contribution < 1.29 is 0 Å². The Bertz CT molecular complexity index is 115. The summed E-state index contributed by atoms with van der Waals surface area (Å²) in [6.07, 6.45) is 10.3. The summed E-state index contributed by atoms with van der Waals surface area (Å²) in [6, 6.07) is 0.982. The van der Waals surface area contributed by atoms with E-state index in [0.717, 1.165) is 6.04 Å². The van der Waals surface area contributed by atoms with Crippen LogP contribution in [0.3, 0.4) is 0 Å². The highest BCUT2D eigenvalue weighted by Gasteiger charge is 2.23. The number of likely N-dealkylation sites (tertiary alicyclic amines) is 1. The SMILES string of the molecule is Br.C1CCN(C2CCCC2)CC1. The van der Waals surface area contributed by atoms with Crippen molar-refractivity contribution in [2.45, 2.75) is 51.0 Å². The second-order valence-electron chi connectivity index (χ2n) is 4.03. The fraction of sp³-hybridized carbons (Fsp3) is 1.00. The number of halogens is 1. The predicted octanol–water partition coefficient (Wildman–Crippen LogP) is 2.99. The van der Waals surface area contributed by atoms with Crippen LogP contribution in [0.2, 0.25) is 0 Å². The van der Waals surface area contributed by atoms with Gasteiger partial charge in [-0.2, -0.15) is 0 Å². The summed E-state index contributed by atoms with van der Waals surface area (Å²) in [5.41, 5.74) is 0. The Kier molecular flexibility index (Phi) is 4.59. The lowest BCUT2D eigenvalue weighted by atomic mass is 10.1. The van der Waals surface area contributed by atoms with E-state index in [0.29, 0.717) is 0 Å². The molecule has 1 aliphatic carbocycles. The zero-order valence-corrected chi connectivity index (χ0v) is 9.51. The van der Waals surface area contributed by atoms with E-state index in [1.807, 2.05) is 0 Å². The van der Waals surface area contributed by atoms with E-state index in [2.05, 4.69) is 4.90 Å². The lowest BCUT2D eigenvalue weighted by Crippen LogP contribution is -2.37. The highest BCUT2D eigenvalue weighted by Crippen LogP contribution is 2.25. The van der Waals surface area contributed by atoms with Crippen LogP contribution in [0.15, 0.2) is 0 Å². The first-order valence-electron chi connectivity index (χ1n) is 5.21. The van der Waals surface area contributed by atoms with Crippen LogP contribution in [0.5, 0.6) is 0 Å². The molecule has 2 aliphatic rings. The molecule has 2 rings (SSSR count). The van der Waals surface area contributed by atoms with Gasteiger partial charge in [0.25, 0.3) is 0 Å². The van der Waals surface area contributed by atoms with E-state index in [1.165, 1.54) is 58.0 Å². The Morgan fingerprint density at radius 1 is 0.750 bits per heavy atom. The van der Waals surface area contributed by atoms with Gasteiger partial charge >= 0.3 is 0 Å². The molecule has 2 fully saturated rings. The zero-order valence-electron chi connectivity index (χ0n) is 7.80. The van der Waals surface area contributed by atoms with Crippen molar-refractivity contribution in [2.24, 2.45) is 0 Å². The van der Waals surface area contributed by atoms with Crippen LogP contribution in [0.1, 0.15) is 44.9 Å². The zero-order chi connectivity index (χ0) is 7.52. The quantitative estimate of drug-likeness (QED) is 0.674. The molecule has 2 heteroatoms. The minimum absolute atomic E-state index is 0. The maximum absolute atomic E-state index is 2.73. The summed E-state index contributed by atoms with van der Waals surface area (Å²) in [4.78, 5) is 2.73. The van der Waals surface area contributed by atoms with Gasteiger partial charge in [0.2, 0.25) is 0 Å². The number of rotatable bonds is 1. The summed E-state index contributed by atoms with van der Waals surface area (Å²) in [7, 11) is 0. The third-order valence-electron chi connectivity index (χ3n) is 3.23. The third kappa shape index (κ3) is 2.46. The van der Waals surface area contributed by atoms with Gasteiger partial charge in [-0.25, -0.2) is 0 Å². The second-order valence-corrected chi connectivity index (χ2v) is 4.03. The van der Waals surface area contributed by atoms with Crippen LogP contribution in [0, 0.1) is 0 Å². The number of piperidine rings is 1. The molecule has 72 valence electrons. The first-order valence-corrected chi connectivity index (χ1v) is 5.21. The Labute approximate surface area is 86.3 Å². The molecule has 0 aromatic heterocycles. The van der Waals surface area contributed by atoms with Crippen LogP contribution in [0.4, 0.5) is 0 Å². The lowest BCUT2D eigenvalue weighted by Gasteiger charge is -2.31. The minimum Gasteiger partial charge on any atom is -0.300 e. The van der Waals surface area contributed by atoms with E-state index < -0.39 is 0 Å². The van der Waals surface area contributed by atoms with E-state index >= 15 is 0 Å². The molecule has 1 nitrogen and oxygen atoms in total. The molecule has 0 bridgehead atoms. The molecule has 12 heavy (non-hydrogen) atoms. The van der Waals surface area contributed by atoms with E-state index in [-0.39, 0.29) is 17.0 Å². The molecule has 0 aromatic carbocycles. The van der Waals surface area contributed by atoms with Gasteiger partial charge in [-0.1, -0.05) is 19.3 Å². The van der Waals surface area contributed by atoms with Gasteiger partial charge < -0.3 is 4.90 Å². The van der Waals surface area contributed by atoms with Gasteiger partial charge in [0, 0.05) is 6.04 Å². The predicted molar refractivity (Wildman–Crippen MR) is 58.0 cm³/mol. The first kappa shape index (κ1) is 10.5. The molecule has 1 saturated carbocycles. The highest BCUT2D eigenvalue weighted by atomic mass is 79.9. The Balaban J connectivity index is 0.000000720. The average Bonchev–Trinajstić information content (AvgIpc) is 2.58. The molecular formula is C10H20BrN. The molecule has 0 N–H and O–H groups in total. The lowest BCUT2D eigenvalue weighted by molar-refractivity contribution is 0.165. The maximum Gasteiger partial charge on any atom is 0.00952 e. The summed E-state index contributed by atoms with van der Waals surface area (Å²) < 4.78 is 0. The number of nitrogens with zero attached hydrogens (tertiary/aromatic N) is 1. The highest BCUT2D eigenvalue weighted by molar-refractivity contribution is 8.93. The van der Waals surface area contributed by atoms with Gasteiger partial charge in [-0.05, 0) is 38.8 Å². The minimum atomic E-state index is 0. The van der Waals surface area contributed by atoms with Crippen LogP contribution < -0.4 is 0 Å². The Morgan fingerprint density at radius 2 is 1.33 bits per heavy atom. The smallest absolute Gasteiger partial charge is 0.00952 e. The van der Waals surface area contributed by atoms with Crippen molar-refractivity contribution in [3.8, 4) is 0 Å². The van der Waals surface area contributed by atoms with Gasteiger partial charge in [-0.15, -0.1) is 17.0 Å². The standard InChI is InChI=1S/C10H19N.BrH/c1-4-8-11(9-5-1)10-6-2-3-7-10;/h10H,1-9H2;1H. The van der Waals surface area contributed by atoms with Crippen LogP contribution in [0.25, 0.3) is 0 Å². The Morgan fingerprint density at radius 3 is 1.92 bits per heavy atom. The van der Waals surface area contributed by atoms with Gasteiger partial charge in [0.15, 0.2) is 0 Å². The summed E-state index contributed by atoms with van der Waals surface area (Å²) >= 11 is 0. The van der Waals surface area contributed by atoms with Crippen molar-refractivity contribution in [1.82, 2.24) is 4.90 Å². The van der Waals surface area contributed by atoms with Crippen LogP contribution >= 0.6 is 17.0 Å². The molecular weight excluding hydrogens is 214 g/mol. The molecule has 0 radical (unpaired) electrons. The van der Waals surface area contributed by atoms with Crippen LogP contribution in [-0.4, -0.2) is 24.0 Å². The normalized spacial score (nSPS) is 27.0. The summed E-state index contributed by atoms with van der Waals surface area (Å²) in [5, 5.41) is 0. The van der Waals surface area contributed by atoms with Crippen molar-refractivity contribution in [3.05, 3.63) is 0 Å². The van der Waals surface area contributed by atoms with Crippen LogP contribution in [-0.2, 0) is 0 Å². The molecule has 0 amide bonds. The van der Waals surface area contributed by atoms with Gasteiger partial charge in [0.05, 0.1) is 0 Å². The molecule has 0 spiro atoms. The molecule has 0 aromatic rings. The largest absolute Gasteiger partial charge is 0.300 e. The van der Waals surface area contributed by atoms with Gasteiger partial charge in [-0.3, -0.25) is 0 Å². The first-order chi connectivity index (χ1) is 5.47. The second kappa shape index (κ2) is 5.23. The van der Waals surface area contributed by atoms with Crippen molar-refractivity contribution >= 4 is 17.0 Å². The third-order valence-corrected chi connectivity index (χ3v) is 3.23. The van der Waals surface area contributed by atoms with E-state index in [1.54, 1.807) is 0 Å². The molecule has 0 unspecified atom stereocenters. The Hall–Kier alpha value is 0.440. The van der Waals surface area contributed by atoms with Crippen molar-refractivity contribution in [2.75, 3.05) is 13.1 Å². The van der Waals surface area contributed by atoms with Crippen molar-refractivity contribution in [1.29, 1.82) is 0 Å². The maximum atomic E-state index is 2.73. The topological polar surface area (TPSA) is 3.24 Å². The van der Waals surface area contributed by atoms with Crippen molar-refractivity contribution in [3.63, 3.8) is 0 Å². The summed E-state index contributed by atoms with van der Waals surface area (Å²) in [5.74, 6) is 0. The fourth-order valence-electron chi connectivity index (χ4n) is 2.55. The molecule has 0 atom stereocenters. The monoisotopic (exact) mass is 233 g/mol. The fourth-order valence-corrected chi connectivity index (χ4v) is 2.55. The van der Waals surface area contributed by atoms with Gasteiger partial charge in [0.1, 0.15) is 0 Å². The number of hydrogen-bond acceptors (Lipinski definition) is 1. The van der Waals surface area contributed by atoms with E-state index in [4.69, 9.17) is 0 Å². The number of hydrogen-bond donors (Lipinski definition) is 0. The molecule has 1 aliphatic heterocycles. The molecule has 1 heterocycles. The summed E-state index contributed by atoms with van der Waals surface area (Å²) in [6.45, 7) is 2.79.